The Kier molecular flexibility index (Phi) is 5.16. The molecule has 2 amide bonds. The molecule has 2 heterocycles. The molecule has 5 rings (SSSR count). The Bertz CT molecular complexity index is 1190. The van der Waals surface area contributed by atoms with Gasteiger partial charge in [0, 0.05) is 42.5 Å². The van der Waals surface area contributed by atoms with Crippen LogP contribution in [0.15, 0.2) is 35.5 Å². The topological polar surface area (TPSA) is 83.5 Å². The molecule has 0 atom stereocenters. The second-order valence-electron chi connectivity index (χ2n) is 9.20. The van der Waals surface area contributed by atoms with E-state index in [4.69, 9.17) is 4.99 Å². The van der Waals surface area contributed by atoms with Crippen molar-refractivity contribution >= 4 is 46.1 Å². The van der Waals surface area contributed by atoms with Crippen molar-refractivity contribution < 1.29 is 9.59 Å². The maximum Gasteiger partial charge on any atom is 0.253 e. The van der Waals surface area contributed by atoms with Gasteiger partial charge in [-0.25, -0.2) is 4.98 Å². The lowest BCUT2D eigenvalue weighted by molar-refractivity contribution is -0.117. The Hall–Kier alpha value is -2.93. The van der Waals surface area contributed by atoms with Crippen LogP contribution >= 0.6 is 11.8 Å². The number of nitrogens with one attached hydrogen (secondary N) is 2. The number of hydrogen-bond donors (Lipinski definition) is 2. The first-order valence-corrected chi connectivity index (χ1v) is 11.9. The minimum Gasteiger partial charge on any atom is -0.355 e. The van der Waals surface area contributed by atoms with Crippen LogP contribution in [0.4, 0.5) is 5.82 Å². The van der Waals surface area contributed by atoms with Gasteiger partial charge in [0.15, 0.2) is 0 Å². The highest BCUT2D eigenvalue weighted by molar-refractivity contribution is 8.14. The van der Waals surface area contributed by atoms with Crippen LogP contribution < -0.4 is 10.6 Å². The quantitative estimate of drug-likeness (QED) is 0.723. The summed E-state index contributed by atoms with van der Waals surface area (Å²) in [6.07, 6.45) is 6.09. The number of carbonyl (C=O) groups excluding carboxylic acids is 2. The summed E-state index contributed by atoms with van der Waals surface area (Å²) in [7, 11) is 1.61. The van der Waals surface area contributed by atoms with Gasteiger partial charge in [-0.1, -0.05) is 18.2 Å². The fourth-order valence-electron chi connectivity index (χ4n) is 4.08. The lowest BCUT2D eigenvalue weighted by atomic mass is 10.0. The minimum atomic E-state index is -0.181. The van der Waals surface area contributed by atoms with Crippen molar-refractivity contribution in [3.05, 3.63) is 58.3 Å². The average Bonchev–Trinajstić information content (AvgIpc) is 3.44. The summed E-state index contributed by atoms with van der Waals surface area (Å²) >= 11 is 1.79. The first-order chi connectivity index (χ1) is 15.3. The third-order valence-electron chi connectivity index (χ3n) is 6.02. The standard InChI is InChI=1S/C25H26N4O2S/c1-25(2)13-32-24(29-25)16-6-4-5-15(9-16)17-10-18-19(11-17)21(28-22(30)14-7-8-14)27-12-20(18)23(31)26-3/h4-6,9-10,12,14H,7-8,11,13H2,1-3H3,(H,26,31)(H,27,28,30). The molecular formula is C25H26N4O2S. The molecule has 2 N–H and O–H groups in total. The molecule has 0 radical (unpaired) electrons. The largest absolute Gasteiger partial charge is 0.355 e. The van der Waals surface area contributed by atoms with Crippen molar-refractivity contribution in [2.24, 2.45) is 10.9 Å². The van der Waals surface area contributed by atoms with Crippen LogP contribution in [0.25, 0.3) is 11.6 Å². The van der Waals surface area contributed by atoms with Gasteiger partial charge in [0.25, 0.3) is 5.91 Å². The second kappa shape index (κ2) is 7.89. The van der Waals surface area contributed by atoms with Gasteiger partial charge >= 0.3 is 0 Å². The molecule has 0 spiro atoms. The molecule has 7 heteroatoms. The van der Waals surface area contributed by atoms with Gasteiger partial charge < -0.3 is 10.6 Å². The molecule has 0 unspecified atom stereocenters. The Labute approximate surface area is 192 Å². The van der Waals surface area contributed by atoms with Crippen LogP contribution in [-0.4, -0.2) is 40.2 Å². The van der Waals surface area contributed by atoms with Crippen LogP contribution in [0.2, 0.25) is 0 Å². The Morgan fingerprint density at radius 2 is 1.97 bits per heavy atom. The van der Waals surface area contributed by atoms with E-state index in [1.807, 2.05) is 0 Å². The number of rotatable bonds is 5. The van der Waals surface area contributed by atoms with Crippen molar-refractivity contribution in [1.29, 1.82) is 0 Å². The van der Waals surface area contributed by atoms with Crippen LogP contribution in [0.3, 0.4) is 0 Å². The zero-order valence-electron chi connectivity index (χ0n) is 18.5. The molecule has 1 aromatic heterocycles. The summed E-state index contributed by atoms with van der Waals surface area (Å²) in [6.45, 7) is 4.30. The number of anilines is 1. The van der Waals surface area contributed by atoms with Gasteiger partial charge in [-0.05, 0) is 55.5 Å². The highest BCUT2D eigenvalue weighted by Crippen LogP contribution is 2.39. The van der Waals surface area contributed by atoms with Crippen LogP contribution in [0, 0.1) is 5.92 Å². The van der Waals surface area contributed by atoms with E-state index in [1.165, 1.54) is 0 Å². The van der Waals surface area contributed by atoms with E-state index in [0.29, 0.717) is 17.8 Å². The number of hydrogen-bond acceptors (Lipinski definition) is 5. The van der Waals surface area contributed by atoms with Crippen LogP contribution in [-0.2, 0) is 11.2 Å². The number of allylic oxidation sites excluding steroid dienone is 1. The molecule has 1 saturated carbocycles. The third kappa shape index (κ3) is 3.97. The van der Waals surface area contributed by atoms with Gasteiger partial charge in [-0.2, -0.15) is 0 Å². The molecule has 3 aliphatic rings. The fraction of sp³-hybridized carbons (Fsp3) is 0.360. The van der Waals surface area contributed by atoms with Crippen LogP contribution in [0.5, 0.6) is 0 Å². The molecule has 32 heavy (non-hydrogen) atoms. The van der Waals surface area contributed by atoms with Crippen molar-refractivity contribution in [3.8, 4) is 0 Å². The van der Waals surface area contributed by atoms with Crippen LogP contribution in [0.1, 0.15) is 59.3 Å². The van der Waals surface area contributed by atoms with Gasteiger partial charge in [0.2, 0.25) is 5.91 Å². The number of benzene rings is 1. The van der Waals surface area contributed by atoms with E-state index in [2.05, 4.69) is 59.8 Å². The number of aromatic nitrogens is 1. The fourth-order valence-corrected chi connectivity index (χ4v) is 5.24. The Balaban J connectivity index is 1.50. The van der Waals surface area contributed by atoms with Crippen molar-refractivity contribution in [2.75, 3.05) is 18.1 Å². The lowest BCUT2D eigenvalue weighted by Crippen LogP contribution is -2.21. The number of pyridine rings is 1. The van der Waals surface area contributed by atoms with Gasteiger partial charge in [-0.3, -0.25) is 14.6 Å². The molecule has 2 aromatic rings. The summed E-state index contributed by atoms with van der Waals surface area (Å²) in [4.78, 5) is 34.2. The normalized spacial score (nSPS) is 18.6. The number of thioether (sulfide) groups is 1. The predicted molar refractivity (Wildman–Crippen MR) is 130 cm³/mol. The zero-order valence-corrected chi connectivity index (χ0v) is 19.3. The van der Waals surface area contributed by atoms with E-state index in [9.17, 15) is 9.59 Å². The van der Waals surface area contributed by atoms with Crippen molar-refractivity contribution in [3.63, 3.8) is 0 Å². The van der Waals surface area contributed by atoms with E-state index in [-0.39, 0.29) is 23.3 Å². The monoisotopic (exact) mass is 446 g/mol. The summed E-state index contributed by atoms with van der Waals surface area (Å²) in [5.41, 5.74) is 5.52. The average molecular weight is 447 g/mol. The van der Waals surface area contributed by atoms with Crippen molar-refractivity contribution in [1.82, 2.24) is 10.3 Å². The number of amides is 2. The number of nitrogens with zero attached hydrogens (tertiary/aromatic N) is 2. The predicted octanol–water partition coefficient (Wildman–Crippen LogP) is 4.16. The van der Waals surface area contributed by atoms with E-state index in [1.54, 1.807) is 25.0 Å². The van der Waals surface area contributed by atoms with Crippen molar-refractivity contribution in [2.45, 2.75) is 38.6 Å². The first kappa shape index (κ1) is 20.9. The Morgan fingerprint density at radius 1 is 1.19 bits per heavy atom. The summed E-state index contributed by atoms with van der Waals surface area (Å²) in [5.74, 6) is 1.46. The smallest absolute Gasteiger partial charge is 0.253 e. The third-order valence-corrected chi connectivity index (χ3v) is 7.47. The molecule has 1 fully saturated rings. The van der Waals surface area contributed by atoms with Gasteiger partial charge in [-0.15, -0.1) is 11.8 Å². The SMILES string of the molecule is CNC(=O)c1cnc(NC(=O)C2CC2)c2c1C=C(c1cccc(C3=NC(C)(C)CS3)c1)C2. The first-order valence-electron chi connectivity index (χ1n) is 10.9. The maximum absolute atomic E-state index is 12.5. The van der Waals surface area contributed by atoms with Gasteiger partial charge in [0.1, 0.15) is 5.82 Å². The highest BCUT2D eigenvalue weighted by atomic mass is 32.2. The molecular weight excluding hydrogens is 420 g/mol. The van der Waals surface area contributed by atoms with E-state index < -0.39 is 0 Å². The molecule has 164 valence electrons. The molecule has 0 bridgehead atoms. The Morgan fingerprint density at radius 3 is 2.66 bits per heavy atom. The second-order valence-corrected chi connectivity index (χ2v) is 10.2. The minimum absolute atomic E-state index is 0.0155. The molecule has 1 aromatic carbocycles. The molecule has 2 aliphatic carbocycles. The molecule has 0 saturated heterocycles. The zero-order chi connectivity index (χ0) is 22.5. The molecule has 6 nitrogen and oxygen atoms in total. The number of fused-ring (bicyclic) bond motifs is 1. The van der Waals surface area contributed by atoms with E-state index >= 15 is 0 Å². The van der Waals surface area contributed by atoms with E-state index in [0.717, 1.165) is 51.5 Å². The summed E-state index contributed by atoms with van der Waals surface area (Å²) < 4.78 is 0. The lowest BCUT2D eigenvalue weighted by Gasteiger charge is -2.12. The maximum atomic E-state index is 12.5. The summed E-state index contributed by atoms with van der Waals surface area (Å²) in [6, 6.07) is 8.40. The number of carbonyl (C=O) groups is 2. The highest BCUT2D eigenvalue weighted by Gasteiger charge is 2.32. The number of aliphatic imine (C=N–C) groups is 1. The van der Waals surface area contributed by atoms with Gasteiger partial charge in [0.05, 0.1) is 16.1 Å². The molecule has 1 aliphatic heterocycles. The summed E-state index contributed by atoms with van der Waals surface area (Å²) in [5, 5.41) is 6.75.